The van der Waals surface area contributed by atoms with Crippen LogP contribution in [0.4, 0.5) is 0 Å². The monoisotopic (exact) mass is 295 g/mol. The molecule has 1 aliphatic rings. The van der Waals surface area contributed by atoms with E-state index in [9.17, 15) is 9.90 Å². The summed E-state index contributed by atoms with van der Waals surface area (Å²) in [4.78, 5) is 12.6. The van der Waals surface area contributed by atoms with Crippen LogP contribution in [0.15, 0.2) is 24.3 Å². The predicted octanol–water partition coefficient (Wildman–Crippen LogP) is 2.75. The molecule has 0 aliphatic heterocycles. The normalized spacial score (nSPS) is 30.8. The van der Waals surface area contributed by atoms with E-state index in [1.54, 1.807) is 13.1 Å². The third kappa shape index (κ3) is 2.50. The summed E-state index contributed by atoms with van der Waals surface area (Å²) in [6, 6.07) is 7.37. The molecule has 2 rings (SSSR count). The number of ketones is 1. The number of halogens is 1. The molecular weight excluding hydrogens is 274 g/mol. The van der Waals surface area contributed by atoms with Gasteiger partial charge in [-0.1, -0.05) is 43.6 Å². The molecule has 4 heteroatoms. The van der Waals surface area contributed by atoms with Crippen molar-refractivity contribution in [3.05, 3.63) is 34.9 Å². The molecule has 2 N–H and O–H groups in total. The lowest BCUT2D eigenvalue weighted by Crippen LogP contribution is -2.57. The second-order valence-electron chi connectivity index (χ2n) is 5.96. The van der Waals surface area contributed by atoms with E-state index in [-0.39, 0.29) is 11.7 Å². The average molecular weight is 296 g/mol. The van der Waals surface area contributed by atoms with Crippen molar-refractivity contribution < 1.29 is 9.90 Å². The van der Waals surface area contributed by atoms with Crippen LogP contribution < -0.4 is 5.32 Å². The Morgan fingerprint density at radius 3 is 2.60 bits per heavy atom. The summed E-state index contributed by atoms with van der Waals surface area (Å²) in [6.45, 7) is 4.25. The van der Waals surface area contributed by atoms with Gasteiger partial charge in [0.05, 0.1) is 0 Å². The van der Waals surface area contributed by atoms with Gasteiger partial charge in [-0.3, -0.25) is 4.79 Å². The van der Waals surface area contributed by atoms with Gasteiger partial charge in [-0.05, 0) is 43.4 Å². The third-order valence-corrected chi connectivity index (χ3v) is 4.85. The lowest BCUT2D eigenvalue weighted by molar-refractivity contribution is -0.140. The fourth-order valence-electron chi connectivity index (χ4n) is 3.17. The van der Waals surface area contributed by atoms with Crippen LogP contribution in [0.3, 0.4) is 0 Å². The Kier molecular flexibility index (Phi) is 4.52. The van der Waals surface area contributed by atoms with E-state index in [2.05, 4.69) is 19.2 Å². The van der Waals surface area contributed by atoms with Crippen molar-refractivity contribution in [2.24, 2.45) is 11.8 Å². The van der Waals surface area contributed by atoms with Crippen LogP contribution in [0.5, 0.6) is 0 Å². The Balaban J connectivity index is 2.51. The zero-order valence-electron chi connectivity index (χ0n) is 12.2. The Hall–Kier alpha value is -0.900. The van der Waals surface area contributed by atoms with E-state index in [0.29, 0.717) is 23.8 Å². The smallest absolute Gasteiger partial charge is 0.185 e. The Labute approximate surface area is 125 Å². The van der Waals surface area contributed by atoms with Crippen molar-refractivity contribution in [1.82, 2.24) is 5.32 Å². The van der Waals surface area contributed by atoms with Crippen LogP contribution in [0.25, 0.3) is 0 Å². The third-order valence-electron chi connectivity index (χ3n) is 4.52. The summed E-state index contributed by atoms with van der Waals surface area (Å²) in [5, 5.41) is 13.9. The topological polar surface area (TPSA) is 49.3 Å². The first-order valence-electron chi connectivity index (χ1n) is 7.08. The number of carbonyl (C=O) groups is 1. The van der Waals surface area contributed by atoms with E-state index in [1.807, 2.05) is 18.2 Å². The second kappa shape index (κ2) is 5.84. The summed E-state index contributed by atoms with van der Waals surface area (Å²) in [5.74, 6) is 0.518. The van der Waals surface area contributed by atoms with Gasteiger partial charge < -0.3 is 10.4 Å². The molecule has 1 aromatic rings. The first-order valence-corrected chi connectivity index (χ1v) is 7.46. The van der Waals surface area contributed by atoms with Gasteiger partial charge in [-0.15, -0.1) is 0 Å². The van der Waals surface area contributed by atoms with E-state index in [4.69, 9.17) is 11.6 Å². The average Bonchev–Trinajstić information content (AvgIpc) is 2.42. The van der Waals surface area contributed by atoms with E-state index in [0.717, 1.165) is 5.56 Å². The molecule has 0 heterocycles. The van der Waals surface area contributed by atoms with Crippen molar-refractivity contribution in [1.29, 1.82) is 0 Å². The van der Waals surface area contributed by atoms with E-state index >= 15 is 0 Å². The van der Waals surface area contributed by atoms with Crippen LogP contribution in [0.1, 0.15) is 32.3 Å². The molecule has 0 bridgehead atoms. The summed E-state index contributed by atoms with van der Waals surface area (Å²) >= 11 is 6.29. The van der Waals surface area contributed by atoms with Gasteiger partial charge >= 0.3 is 0 Å². The van der Waals surface area contributed by atoms with E-state index in [1.165, 1.54) is 0 Å². The van der Waals surface area contributed by atoms with Gasteiger partial charge in [0.1, 0.15) is 11.6 Å². The largest absolute Gasteiger partial charge is 0.385 e. The minimum atomic E-state index is -0.931. The number of likely N-dealkylation sites (N-methyl/N-ethyl adjacent to an activating group) is 1. The quantitative estimate of drug-likeness (QED) is 0.901. The minimum Gasteiger partial charge on any atom is -0.385 e. The highest BCUT2D eigenvalue weighted by molar-refractivity contribution is 6.31. The van der Waals surface area contributed by atoms with Crippen molar-refractivity contribution in [2.45, 2.75) is 38.3 Å². The summed E-state index contributed by atoms with van der Waals surface area (Å²) < 4.78 is 0. The first-order chi connectivity index (χ1) is 9.42. The Morgan fingerprint density at radius 2 is 2.05 bits per heavy atom. The molecule has 1 aromatic carbocycles. The van der Waals surface area contributed by atoms with Crippen LogP contribution in [0, 0.1) is 11.8 Å². The molecule has 0 spiro atoms. The highest BCUT2D eigenvalue weighted by Crippen LogP contribution is 2.42. The van der Waals surface area contributed by atoms with Crippen molar-refractivity contribution in [3.8, 4) is 0 Å². The molecule has 0 saturated heterocycles. The van der Waals surface area contributed by atoms with Gasteiger partial charge in [0, 0.05) is 5.02 Å². The maximum absolute atomic E-state index is 12.6. The maximum Gasteiger partial charge on any atom is 0.185 e. The summed E-state index contributed by atoms with van der Waals surface area (Å²) in [6.07, 6.45) is 0.269. The van der Waals surface area contributed by atoms with Crippen LogP contribution in [-0.4, -0.2) is 24.0 Å². The predicted molar refractivity (Wildman–Crippen MR) is 80.8 cm³/mol. The molecule has 0 amide bonds. The number of Topliss-reactive ketones (excluding diaryl/α,β-unsaturated/α-hetero) is 1. The SMILES string of the molecule is CN[C@@]1(c2ccccc2Cl)C[C@@H](C(C)C)C[C@@H](O)C1=O. The zero-order valence-corrected chi connectivity index (χ0v) is 12.9. The molecule has 0 aromatic heterocycles. The number of rotatable bonds is 3. The molecule has 3 nitrogen and oxygen atoms in total. The minimum absolute atomic E-state index is 0.176. The molecule has 1 fully saturated rings. The summed E-state index contributed by atoms with van der Waals surface area (Å²) in [7, 11) is 1.76. The number of benzene rings is 1. The number of hydrogen-bond acceptors (Lipinski definition) is 3. The lowest BCUT2D eigenvalue weighted by atomic mass is 9.67. The van der Waals surface area contributed by atoms with Gasteiger partial charge in [0.2, 0.25) is 0 Å². The maximum atomic E-state index is 12.6. The van der Waals surface area contributed by atoms with Gasteiger partial charge in [0.15, 0.2) is 5.78 Å². The molecule has 3 atom stereocenters. The molecule has 0 radical (unpaired) electrons. The van der Waals surface area contributed by atoms with Gasteiger partial charge in [-0.2, -0.15) is 0 Å². The highest BCUT2D eigenvalue weighted by Gasteiger charge is 2.49. The molecule has 0 unspecified atom stereocenters. The first kappa shape index (κ1) is 15.5. The molecule has 110 valence electrons. The Morgan fingerprint density at radius 1 is 1.40 bits per heavy atom. The van der Waals surface area contributed by atoms with Crippen LogP contribution in [-0.2, 0) is 10.3 Å². The fraction of sp³-hybridized carbons (Fsp3) is 0.562. The van der Waals surface area contributed by atoms with Crippen molar-refractivity contribution >= 4 is 17.4 Å². The number of carbonyl (C=O) groups excluding carboxylic acids is 1. The second-order valence-corrected chi connectivity index (χ2v) is 6.37. The highest BCUT2D eigenvalue weighted by atomic mass is 35.5. The van der Waals surface area contributed by atoms with Crippen LogP contribution >= 0.6 is 11.6 Å². The van der Waals surface area contributed by atoms with Crippen LogP contribution in [0.2, 0.25) is 5.02 Å². The number of hydrogen-bond donors (Lipinski definition) is 2. The number of aliphatic hydroxyl groups is 1. The standard InChI is InChI=1S/C16H22ClNO2/c1-10(2)11-8-14(19)15(20)16(9-11,18-3)12-6-4-5-7-13(12)17/h4-7,10-11,14,18-19H,8-9H2,1-3H3/t11-,14+,16+/m0/s1. The molecule has 1 aliphatic carbocycles. The number of aliphatic hydroxyl groups excluding tert-OH is 1. The Bertz CT molecular complexity index is 503. The summed E-state index contributed by atoms with van der Waals surface area (Å²) in [5.41, 5.74) is -0.121. The van der Waals surface area contributed by atoms with Crippen molar-refractivity contribution in [3.63, 3.8) is 0 Å². The zero-order chi connectivity index (χ0) is 14.9. The van der Waals surface area contributed by atoms with E-state index < -0.39 is 11.6 Å². The van der Waals surface area contributed by atoms with Gasteiger partial charge in [0.25, 0.3) is 0 Å². The lowest BCUT2D eigenvalue weighted by Gasteiger charge is -2.43. The fourth-order valence-corrected chi connectivity index (χ4v) is 3.47. The molecule has 1 saturated carbocycles. The van der Waals surface area contributed by atoms with Crippen molar-refractivity contribution in [2.75, 3.05) is 7.05 Å². The number of nitrogens with one attached hydrogen (secondary N) is 1. The molecular formula is C16H22ClNO2. The van der Waals surface area contributed by atoms with Gasteiger partial charge in [-0.25, -0.2) is 0 Å². The molecule has 20 heavy (non-hydrogen) atoms.